The highest BCUT2D eigenvalue weighted by atomic mass is 16.2. The van der Waals surface area contributed by atoms with E-state index in [4.69, 9.17) is 4.98 Å². The Hall–Kier alpha value is -4.00. The summed E-state index contributed by atoms with van der Waals surface area (Å²) in [5.74, 6) is 0.268. The van der Waals surface area contributed by atoms with Crippen LogP contribution in [0.4, 0.5) is 5.82 Å². The van der Waals surface area contributed by atoms with E-state index in [9.17, 15) is 9.59 Å². The highest BCUT2D eigenvalue weighted by Crippen LogP contribution is 2.22. The molecule has 0 aliphatic carbocycles. The van der Waals surface area contributed by atoms with Crippen LogP contribution in [-0.2, 0) is 17.8 Å². The van der Waals surface area contributed by atoms with E-state index in [1.807, 2.05) is 66.4 Å². The van der Waals surface area contributed by atoms with Crippen molar-refractivity contribution in [3.63, 3.8) is 0 Å². The number of hydrogen-bond acceptors (Lipinski definition) is 5. The quantitative estimate of drug-likeness (QED) is 0.378. The molecule has 1 N–H and O–H groups in total. The number of nitrogens with one attached hydrogen (secondary N) is 1. The molecule has 0 radical (unpaired) electrons. The van der Waals surface area contributed by atoms with Crippen LogP contribution in [0.5, 0.6) is 0 Å². The number of anilines is 1. The van der Waals surface area contributed by atoms with Crippen LogP contribution in [0.25, 0.3) is 11.2 Å². The summed E-state index contributed by atoms with van der Waals surface area (Å²) in [5.41, 5.74) is 4.55. The molecule has 1 aliphatic rings. The number of piperidine rings is 1. The summed E-state index contributed by atoms with van der Waals surface area (Å²) in [5, 5.41) is 3.21. The number of pyridine rings is 1. The van der Waals surface area contributed by atoms with Crippen molar-refractivity contribution >= 4 is 22.9 Å². The number of carbonyl (C=O) groups is 1. The van der Waals surface area contributed by atoms with Crippen molar-refractivity contribution in [3.8, 4) is 0 Å². The summed E-state index contributed by atoms with van der Waals surface area (Å²) in [6, 6.07) is 22.3. The van der Waals surface area contributed by atoms with Gasteiger partial charge in [-0.3, -0.25) is 14.2 Å². The zero-order chi connectivity index (χ0) is 26.5. The molecule has 7 nitrogen and oxygen atoms in total. The van der Waals surface area contributed by atoms with Gasteiger partial charge in [0.25, 0.3) is 5.56 Å². The maximum atomic E-state index is 13.7. The van der Waals surface area contributed by atoms with Gasteiger partial charge in [-0.05, 0) is 62.8 Å². The number of benzene rings is 2. The molecule has 3 heterocycles. The minimum absolute atomic E-state index is 0.0534. The summed E-state index contributed by atoms with van der Waals surface area (Å²) in [6.45, 7) is 5.70. The maximum absolute atomic E-state index is 13.7. The molecule has 5 rings (SSSR count). The average Bonchev–Trinajstić information content (AvgIpc) is 2.95. The molecule has 0 saturated carbocycles. The predicted octanol–water partition coefficient (Wildman–Crippen LogP) is 4.50. The van der Waals surface area contributed by atoms with Gasteiger partial charge >= 0.3 is 0 Å². The fourth-order valence-electron chi connectivity index (χ4n) is 5.14. The van der Waals surface area contributed by atoms with Gasteiger partial charge in [0.05, 0.1) is 12.5 Å². The lowest BCUT2D eigenvalue weighted by molar-refractivity contribution is -0.125. The van der Waals surface area contributed by atoms with E-state index in [0.29, 0.717) is 36.6 Å². The molecule has 0 spiro atoms. The van der Waals surface area contributed by atoms with E-state index in [1.54, 1.807) is 10.8 Å². The van der Waals surface area contributed by atoms with Crippen molar-refractivity contribution < 1.29 is 4.79 Å². The summed E-state index contributed by atoms with van der Waals surface area (Å²) < 4.78 is 1.71. The Morgan fingerprint density at radius 3 is 2.63 bits per heavy atom. The first kappa shape index (κ1) is 25.6. The van der Waals surface area contributed by atoms with Crippen LogP contribution in [0.15, 0.2) is 77.7 Å². The van der Waals surface area contributed by atoms with Crippen molar-refractivity contribution in [3.05, 3.63) is 100.0 Å². The number of hydrogen-bond donors (Lipinski definition) is 1. The van der Waals surface area contributed by atoms with Gasteiger partial charge in [0.2, 0.25) is 5.91 Å². The average molecular weight is 510 g/mol. The second-order valence-electron chi connectivity index (χ2n) is 10.4. The lowest BCUT2D eigenvalue weighted by Crippen LogP contribution is -2.47. The molecular weight excluding hydrogens is 474 g/mol. The normalized spacial score (nSPS) is 16.4. The molecule has 7 heteroatoms. The van der Waals surface area contributed by atoms with Gasteiger partial charge in [-0.1, -0.05) is 60.2 Å². The van der Waals surface area contributed by atoms with E-state index in [-0.39, 0.29) is 23.4 Å². The van der Waals surface area contributed by atoms with Crippen molar-refractivity contribution in [1.29, 1.82) is 0 Å². The molecule has 196 valence electrons. The van der Waals surface area contributed by atoms with Crippen molar-refractivity contribution in [2.45, 2.75) is 52.1 Å². The number of amides is 1. The van der Waals surface area contributed by atoms with E-state index >= 15 is 0 Å². The smallest absolute Gasteiger partial charge is 0.295 e. The summed E-state index contributed by atoms with van der Waals surface area (Å²) in [4.78, 5) is 38.1. The van der Waals surface area contributed by atoms with Crippen LogP contribution < -0.4 is 15.8 Å². The second-order valence-corrected chi connectivity index (χ2v) is 10.4. The Bertz CT molecular complexity index is 1450. The third-order valence-corrected chi connectivity index (χ3v) is 7.34. The standard InChI is InChI=1S/C31H35N5O2/c1-22-12-15-25(16-13-22)20-36-28-27(11-6-18-32-28)34-29(31(36)38)35-19-7-10-26(21-35)30(37)33-23(2)14-17-24-8-4-3-5-9-24/h3-6,8-9,11-13,15-16,18,23,26H,7,10,14,17,19-21H2,1-2H3,(H,33,37)/t23-,26+/m1/s1. The van der Waals surface area contributed by atoms with Crippen molar-refractivity contribution in [2.75, 3.05) is 18.0 Å². The molecule has 1 fully saturated rings. The first-order valence-electron chi connectivity index (χ1n) is 13.5. The zero-order valence-corrected chi connectivity index (χ0v) is 22.1. The molecule has 2 aromatic heterocycles. The van der Waals surface area contributed by atoms with Gasteiger partial charge in [-0.15, -0.1) is 0 Å². The van der Waals surface area contributed by atoms with E-state index in [2.05, 4.69) is 29.4 Å². The highest BCUT2D eigenvalue weighted by molar-refractivity contribution is 5.80. The highest BCUT2D eigenvalue weighted by Gasteiger charge is 2.29. The van der Waals surface area contributed by atoms with Crippen LogP contribution in [0, 0.1) is 12.8 Å². The molecule has 0 bridgehead atoms. The minimum atomic E-state index is -0.181. The lowest BCUT2D eigenvalue weighted by atomic mass is 9.96. The zero-order valence-electron chi connectivity index (χ0n) is 22.1. The van der Waals surface area contributed by atoms with Gasteiger partial charge in [0, 0.05) is 25.3 Å². The Labute approximate surface area is 223 Å². The largest absolute Gasteiger partial charge is 0.353 e. The minimum Gasteiger partial charge on any atom is -0.353 e. The molecule has 2 atom stereocenters. The Kier molecular flexibility index (Phi) is 7.82. The van der Waals surface area contributed by atoms with Gasteiger partial charge in [-0.2, -0.15) is 0 Å². The third-order valence-electron chi connectivity index (χ3n) is 7.34. The number of nitrogens with zero attached hydrogens (tertiary/aromatic N) is 4. The summed E-state index contributed by atoms with van der Waals surface area (Å²) in [7, 11) is 0. The van der Waals surface area contributed by atoms with Crippen molar-refractivity contribution in [2.24, 2.45) is 5.92 Å². The second kappa shape index (κ2) is 11.6. The topological polar surface area (TPSA) is 80.1 Å². The van der Waals surface area contributed by atoms with Gasteiger partial charge in [0.1, 0.15) is 5.52 Å². The molecule has 1 saturated heterocycles. The number of rotatable bonds is 8. The van der Waals surface area contributed by atoms with Gasteiger partial charge < -0.3 is 10.2 Å². The Balaban J connectivity index is 1.32. The molecule has 1 aliphatic heterocycles. The molecule has 2 aromatic carbocycles. The number of aromatic nitrogens is 3. The van der Waals surface area contributed by atoms with E-state index in [1.165, 1.54) is 11.1 Å². The maximum Gasteiger partial charge on any atom is 0.295 e. The fraction of sp³-hybridized carbons (Fsp3) is 0.355. The lowest BCUT2D eigenvalue weighted by Gasteiger charge is -2.33. The Morgan fingerprint density at radius 2 is 1.84 bits per heavy atom. The molecule has 1 amide bonds. The van der Waals surface area contributed by atoms with E-state index < -0.39 is 0 Å². The van der Waals surface area contributed by atoms with Crippen LogP contribution in [-0.4, -0.2) is 39.6 Å². The molecule has 38 heavy (non-hydrogen) atoms. The SMILES string of the molecule is Cc1ccc(Cn2c(=O)c(N3CCC[C@H](C(=O)N[C@H](C)CCc4ccccc4)C3)nc3cccnc32)cc1. The predicted molar refractivity (Wildman–Crippen MR) is 151 cm³/mol. The number of aryl methyl sites for hydroxylation is 2. The molecule has 4 aromatic rings. The van der Waals surface area contributed by atoms with Crippen LogP contribution in [0.3, 0.4) is 0 Å². The molecule has 0 unspecified atom stereocenters. The van der Waals surface area contributed by atoms with Crippen LogP contribution >= 0.6 is 0 Å². The first-order valence-corrected chi connectivity index (χ1v) is 13.5. The van der Waals surface area contributed by atoms with Gasteiger partial charge in [-0.25, -0.2) is 9.97 Å². The fourth-order valence-corrected chi connectivity index (χ4v) is 5.14. The van der Waals surface area contributed by atoms with E-state index in [0.717, 1.165) is 31.2 Å². The van der Waals surface area contributed by atoms with Gasteiger partial charge in [0.15, 0.2) is 11.5 Å². The monoisotopic (exact) mass is 509 g/mol. The third kappa shape index (κ3) is 5.93. The molecular formula is C31H35N5O2. The van der Waals surface area contributed by atoms with Crippen molar-refractivity contribution in [1.82, 2.24) is 19.9 Å². The Morgan fingerprint density at radius 1 is 1.05 bits per heavy atom. The summed E-state index contributed by atoms with van der Waals surface area (Å²) in [6.07, 6.45) is 5.14. The van der Waals surface area contributed by atoms with Crippen LogP contribution in [0.1, 0.15) is 42.9 Å². The first-order chi connectivity index (χ1) is 18.5. The summed E-state index contributed by atoms with van der Waals surface area (Å²) >= 11 is 0. The number of carbonyl (C=O) groups excluding carboxylic acids is 1. The van der Waals surface area contributed by atoms with Crippen LogP contribution in [0.2, 0.25) is 0 Å². The number of fused-ring (bicyclic) bond motifs is 1.